The first-order valence-electron chi connectivity index (χ1n) is 7.36. The molecule has 1 saturated carbocycles. The fourth-order valence-electron chi connectivity index (χ4n) is 2.66. The molecule has 2 N–H and O–H groups in total. The molecule has 0 spiro atoms. The van der Waals surface area contributed by atoms with Crippen molar-refractivity contribution in [1.29, 1.82) is 0 Å². The number of rotatable bonds is 6. The number of hydrogen-bond donors (Lipinski definition) is 2. The largest absolute Gasteiger partial charge is 0.388 e. The fraction of sp³-hybridized carbons (Fsp3) is 0.353. The van der Waals surface area contributed by atoms with Gasteiger partial charge in [0.25, 0.3) is 0 Å². The summed E-state index contributed by atoms with van der Waals surface area (Å²) < 4.78 is 13.0. The standard InChI is InChI=1S/C17H18FNO2S/c18-14-3-1-13(2-4-14)17(7-8-17)16(21)19-9-5-15(20)12-6-10-22-11-12/h1-4,6,10-11,15,20H,5,7-9H2,(H,19,21). The van der Waals surface area contributed by atoms with Crippen LogP contribution in [0.5, 0.6) is 0 Å². The van der Waals surface area contributed by atoms with Crippen molar-refractivity contribution in [2.24, 2.45) is 0 Å². The lowest BCUT2D eigenvalue weighted by Gasteiger charge is -2.17. The van der Waals surface area contributed by atoms with Gasteiger partial charge < -0.3 is 10.4 Å². The van der Waals surface area contributed by atoms with E-state index >= 15 is 0 Å². The van der Waals surface area contributed by atoms with Gasteiger partial charge in [-0.25, -0.2) is 4.39 Å². The van der Waals surface area contributed by atoms with Gasteiger partial charge in [0.05, 0.1) is 11.5 Å². The second-order valence-electron chi connectivity index (χ2n) is 5.71. The quantitative estimate of drug-likeness (QED) is 0.859. The number of carbonyl (C=O) groups is 1. The summed E-state index contributed by atoms with van der Waals surface area (Å²) in [5.74, 6) is -0.324. The van der Waals surface area contributed by atoms with Gasteiger partial charge in [0.1, 0.15) is 5.82 Å². The Bertz CT molecular complexity index is 635. The van der Waals surface area contributed by atoms with Crippen LogP contribution in [0.1, 0.15) is 36.5 Å². The van der Waals surface area contributed by atoms with Gasteiger partial charge in [0.2, 0.25) is 5.91 Å². The van der Waals surface area contributed by atoms with Crippen LogP contribution in [0.4, 0.5) is 4.39 Å². The van der Waals surface area contributed by atoms with Crippen LogP contribution in [0, 0.1) is 5.82 Å². The van der Waals surface area contributed by atoms with Crippen molar-refractivity contribution in [3.8, 4) is 0 Å². The Kier molecular flexibility index (Phi) is 4.27. The number of hydrogen-bond acceptors (Lipinski definition) is 3. The van der Waals surface area contributed by atoms with Crippen LogP contribution in [-0.4, -0.2) is 17.6 Å². The maximum absolute atomic E-state index is 13.0. The van der Waals surface area contributed by atoms with E-state index in [-0.39, 0.29) is 11.7 Å². The number of aliphatic hydroxyl groups is 1. The van der Waals surface area contributed by atoms with Crippen molar-refractivity contribution in [2.75, 3.05) is 6.54 Å². The molecule has 5 heteroatoms. The lowest BCUT2D eigenvalue weighted by molar-refractivity contribution is -0.123. The zero-order chi connectivity index (χ0) is 15.6. The summed E-state index contributed by atoms with van der Waals surface area (Å²) in [4.78, 5) is 12.4. The van der Waals surface area contributed by atoms with Gasteiger partial charge in [-0.2, -0.15) is 11.3 Å². The Labute approximate surface area is 132 Å². The molecule has 1 amide bonds. The van der Waals surface area contributed by atoms with Crippen LogP contribution in [0.2, 0.25) is 0 Å². The number of thiophene rings is 1. The van der Waals surface area contributed by atoms with Gasteiger partial charge in [0, 0.05) is 6.54 Å². The van der Waals surface area contributed by atoms with Crippen LogP contribution in [0.3, 0.4) is 0 Å². The minimum Gasteiger partial charge on any atom is -0.388 e. The Balaban J connectivity index is 1.55. The van der Waals surface area contributed by atoms with E-state index in [4.69, 9.17) is 0 Å². The maximum atomic E-state index is 13.0. The molecule has 1 aliphatic rings. The maximum Gasteiger partial charge on any atom is 0.230 e. The van der Waals surface area contributed by atoms with Crippen LogP contribution >= 0.6 is 11.3 Å². The van der Waals surface area contributed by atoms with Gasteiger partial charge in [-0.1, -0.05) is 12.1 Å². The third-order valence-electron chi connectivity index (χ3n) is 4.21. The molecular weight excluding hydrogens is 301 g/mol. The predicted octanol–water partition coefficient (Wildman–Crippen LogP) is 3.16. The van der Waals surface area contributed by atoms with Crippen molar-refractivity contribution >= 4 is 17.2 Å². The number of carbonyl (C=O) groups excluding carboxylic acids is 1. The number of halogens is 1. The van der Waals surface area contributed by atoms with E-state index in [9.17, 15) is 14.3 Å². The van der Waals surface area contributed by atoms with Crippen molar-refractivity contribution < 1.29 is 14.3 Å². The van der Waals surface area contributed by atoms with E-state index in [1.165, 1.54) is 12.1 Å². The third-order valence-corrected chi connectivity index (χ3v) is 4.91. The molecule has 22 heavy (non-hydrogen) atoms. The highest BCUT2D eigenvalue weighted by atomic mass is 32.1. The number of aliphatic hydroxyl groups excluding tert-OH is 1. The minimum absolute atomic E-state index is 0.0309. The summed E-state index contributed by atoms with van der Waals surface area (Å²) in [6, 6.07) is 8.04. The average Bonchev–Trinajstić information content (AvgIpc) is 3.14. The predicted molar refractivity (Wildman–Crippen MR) is 84.2 cm³/mol. The normalized spacial score (nSPS) is 17.0. The molecule has 0 bridgehead atoms. The molecule has 3 rings (SSSR count). The zero-order valence-electron chi connectivity index (χ0n) is 12.1. The highest BCUT2D eigenvalue weighted by Gasteiger charge is 2.51. The molecule has 1 unspecified atom stereocenters. The van der Waals surface area contributed by atoms with Crippen LogP contribution < -0.4 is 5.32 Å². The fourth-order valence-corrected chi connectivity index (χ4v) is 3.37. The van der Waals surface area contributed by atoms with Crippen molar-refractivity contribution in [1.82, 2.24) is 5.32 Å². The molecule has 0 aliphatic heterocycles. The second kappa shape index (κ2) is 6.18. The highest BCUT2D eigenvalue weighted by Crippen LogP contribution is 2.48. The Hall–Kier alpha value is -1.72. The number of amides is 1. The molecule has 1 aromatic carbocycles. The summed E-state index contributed by atoms with van der Waals surface area (Å²) in [6.07, 6.45) is 1.52. The van der Waals surface area contributed by atoms with Crippen LogP contribution in [0.25, 0.3) is 0 Å². The molecule has 1 heterocycles. The van der Waals surface area contributed by atoms with Gasteiger partial charge in [0.15, 0.2) is 0 Å². The summed E-state index contributed by atoms with van der Waals surface area (Å²) in [6.45, 7) is 0.429. The molecule has 1 aliphatic carbocycles. The van der Waals surface area contributed by atoms with E-state index in [0.717, 1.165) is 24.0 Å². The monoisotopic (exact) mass is 319 g/mol. The second-order valence-corrected chi connectivity index (χ2v) is 6.49. The van der Waals surface area contributed by atoms with E-state index in [0.29, 0.717) is 13.0 Å². The first-order valence-corrected chi connectivity index (χ1v) is 8.31. The Morgan fingerprint density at radius 2 is 2.05 bits per heavy atom. The summed E-state index contributed by atoms with van der Waals surface area (Å²) >= 11 is 1.54. The third kappa shape index (κ3) is 3.05. The summed E-state index contributed by atoms with van der Waals surface area (Å²) in [5.41, 5.74) is 1.25. The zero-order valence-corrected chi connectivity index (χ0v) is 12.9. The molecule has 1 atom stereocenters. The minimum atomic E-state index is -0.549. The van der Waals surface area contributed by atoms with Gasteiger partial charge >= 0.3 is 0 Å². The molecule has 0 saturated heterocycles. The first-order chi connectivity index (χ1) is 10.6. The Morgan fingerprint density at radius 1 is 1.32 bits per heavy atom. The molecule has 3 nitrogen and oxygen atoms in total. The smallest absolute Gasteiger partial charge is 0.230 e. The highest BCUT2D eigenvalue weighted by molar-refractivity contribution is 7.07. The van der Waals surface area contributed by atoms with Crippen molar-refractivity contribution in [2.45, 2.75) is 30.8 Å². The molecule has 1 fully saturated rings. The molecule has 0 radical (unpaired) electrons. The molecule has 2 aromatic rings. The van der Waals surface area contributed by atoms with Crippen LogP contribution in [-0.2, 0) is 10.2 Å². The first kappa shape index (κ1) is 15.2. The molecule has 1 aromatic heterocycles. The van der Waals surface area contributed by atoms with E-state index in [1.54, 1.807) is 23.5 Å². The number of benzene rings is 1. The lowest BCUT2D eigenvalue weighted by Crippen LogP contribution is -2.35. The lowest BCUT2D eigenvalue weighted by atomic mass is 9.95. The van der Waals surface area contributed by atoms with Crippen molar-refractivity contribution in [3.63, 3.8) is 0 Å². The van der Waals surface area contributed by atoms with Crippen LogP contribution in [0.15, 0.2) is 41.1 Å². The van der Waals surface area contributed by atoms with E-state index in [2.05, 4.69) is 5.32 Å². The average molecular weight is 319 g/mol. The van der Waals surface area contributed by atoms with E-state index < -0.39 is 11.5 Å². The molecule has 116 valence electrons. The number of nitrogens with one attached hydrogen (secondary N) is 1. The topological polar surface area (TPSA) is 49.3 Å². The Morgan fingerprint density at radius 3 is 2.64 bits per heavy atom. The van der Waals surface area contributed by atoms with Crippen molar-refractivity contribution in [3.05, 3.63) is 58.0 Å². The van der Waals surface area contributed by atoms with E-state index in [1.807, 2.05) is 16.8 Å². The SMILES string of the molecule is O=C(NCCC(O)c1ccsc1)C1(c2ccc(F)cc2)CC1. The summed E-state index contributed by atoms with van der Waals surface area (Å²) in [7, 11) is 0. The summed E-state index contributed by atoms with van der Waals surface area (Å²) in [5, 5.41) is 16.7. The molecular formula is C17H18FNO2S. The van der Waals surface area contributed by atoms with Gasteiger partial charge in [-0.3, -0.25) is 4.79 Å². The van der Waals surface area contributed by atoms with Gasteiger partial charge in [-0.05, 0) is 59.3 Å². The van der Waals surface area contributed by atoms with Gasteiger partial charge in [-0.15, -0.1) is 0 Å².